The molecule has 0 amide bonds. The Labute approximate surface area is 212 Å². The Kier molecular flexibility index (Phi) is 5.80. The number of piperidine rings is 1. The van der Waals surface area contributed by atoms with E-state index in [1.54, 1.807) is 0 Å². The largest absolute Gasteiger partial charge is 0.391 e. The molecule has 3 N–H and O–H groups in total. The van der Waals surface area contributed by atoms with Crippen molar-refractivity contribution in [2.24, 2.45) is 10.9 Å². The molecule has 0 aliphatic carbocycles. The highest BCUT2D eigenvalue weighted by Gasteiger charge is 2.39. The number of hydrogen-bond donors (Lipinski definition) is 3. The first-order chi connectivity index (χ1) is 17.5. The molecular weight excluding hydrogens is 448 g/mol. The van der Waals surface area contributed by atoms with Gasteiger partial charge in [0.2, 0.25) is 0 Å². The second-order valence-electron chi connectivity index (χ2n) is 10.6. The summed E-state index contributed by atoms with van der Waals surface area (Å²) in [4.78, 5) is 9.79. The van der Waals surface area contributed by atoms with E-state index in [-0.39, 0.29) is 11.6 Å². The number of rotatable bonds is 3. The lowest BCUT2D eigenvalue weighted by atomic mass is 9.89. The maximum absolute atomic E-state index is 10.1. The number of anilines is 2. The van der Waals surface area contributed by atoms with Crippen LogP contribution in [0, 0.1) is 5.92 Å². The fourth-order valence-corrected chi connectivity index (χ4v) is 5.45. The molecule has 1 fully saturated rings. The summed E-state index contributed by atoms with van der Waals surface area (Å²) in [6.45, 7) is 6.24. The van der Waals surface area contributed by atoms with E-state index in [0.717, 1.165) is 71.6 Å². The number of aromatic amines is 1. The second kappa shape index (κ2) is 9.13. The van der Waals surface area contributed by atoms with Crippen LogP contribution < -0.4 is 10.2 Å². The van der Waals surface area contributed by atoms with Gasteiger partial charge in [-0.3, -0.25) is 5.10 Å². The minimum absolute atomic E-state index is 0.240. The predicted octanol–water partition coefficient (Wildman–Crippen LogP) is 5.35. The smallest absolute Gasteiger partial charge is 0.133 e. The molecule has 7 nitrogen and oxygen atoms in total. The van der Waals surface area contributed by atoms with E-state index < -0.39 is 0 Å². The van der Waals surface area contributed by atoms with Gasteiger partial charge >= 0.3 is 0 Å². The minimum atomic E-state index is -0.265. The summed E-state index contributed by atoms with van der Waals surface area (Å²) in [6, 6.07) is 14.8. The van der Waals surface area contributed by atoms with Crippen molar-refractivity contribution in [2.45, 2.75) is 51.2 Å². The van der Waals surface area contributed by atoms with Crippen LogP contribution in [0.2, 0.25) is 0 Å². The molecule has 3 aromatic rings. The Morgan fingerprint density at radius 3 is 2.83 bits per heavy atom. The van der Waals surface area contributed by atoms with E-state index in [9.17, 15) is 5.11 Å². The number of aromatic nitrogens is 2. The normalized spacial score (nSPS) is 26.3. The van der Waals surface area contributed by atoms with E-state index in [4.69, 9.17) is 4.99 Å². The van der Waals surface area contributed by atoms with E-state index in [1.807, 2.05) is 6.20 Å². The molecule has 1 saturated heterocycles. The van der Waals surface area contributed by atoms with Crippen molar-refractivity contribution in [3.63, 3.8) is 0 Å². The quantitative estimate of drug-likeness (QED) is 0.469. The van der Waals surface area contributed by atoms with Crippen molar-refractivity contribution in [1.82, 2.24) is 15.1 Å². The molecule has 3 atom stereocenters. The summed E-state index contributed by atoms with van der Waals surface area (Å²) >= 11 is 0. The van der Waals surface area contributed by atoms with Crippen molar-refractivity contribution in [3.05, 3.63) is 72.7 Å². The summed E-state index contributed by atoms with van der Waals surface area (Å²) in [5.74, 6) is 1.47. The third-order valence-corrected chi connectivity index (χ3v) is 7.86. The summed E-state index contributed by atoms with van der Waals surface area (Å²) < 4.78 is 0. The van der Waals surface area contributed by atoms with E-state index in [0.29, 0.717) is 12.5 Å². The fraction of sp³-hybridized carbons (Fsp3) is 0.379. The predicted molar refractivity (Wildman–Crippen MR) is 147 cm³/mol. The lowest BCUT2D eigenvalue weighted by molar-refractivity contribution is 0.154. The third kappa shape index (κ3) is 4.28. The van der Waals surface area contributed by atoms with Gasteiger partial charge in [-0.05, 0) is 68.9 Å². The SMILES string of the molecule is CC1C=CN2C=C(c3ccc4cn[nH]c4c3)N=C(Nc3ccc(N4CCCC(O)C4)cc3)C2(C)CC1. The molecule has 36 heavy (non-hydrogen) atoms. The van der Waals surface area contributed by atoms with Crippen LogP contribution in [0.4, 0.5) is 11.4 Å². The fourth-order valence-electron chi connectivity index (χ4n) is 5.45. The Morgan fingerprint density at radius 2 is 2.00 bits per heavy atom. The Bertz CT molecular complexity index is 1340. The van der Waals surface area contributed by atoms with Crippen molar-refractivity contribution < 1.29 is 5.11 Å². The molecule has 2 aromatic carbocycles. The van der Waals surface area contributed by atoms with Gasteiger partial charge in [0, 0.05) is 47.8 Å². The third-order valence-electron chi connectivity index (χ3n) is 7.86. The van der Waals surface area contributed by atoms with E-state index in [2.05, 4.69) is 100 Å². The van der Waals surface area contributed by atoms with E-state index in [1.165, 1.54) is 0 Å². The molecule has 3 aliphatic rings. The highest BCUT2D eigenvalue weighted by Crippen LogP contribution is 2.37. The number of nitrogens with one attached hydrogen (secondary N) is 2. The zero-order valence-electron chi connectivity index (χ0n) is 21.0. The topological polar surface area (TPSA) is 79.8 Å². The minimum Gasteiger partial charge on any atom is -0.391 e. The lowest BCUT2D eigenvalue weighted by Gasteiger charge is -2.42. The maximum atomic E-state index is 10.1. The van der Waals surface area contributed by atoms with Gasteiger partial charge < -0.3 is 20.2 Å². The van der Waals surface area contributed by atoms with Gasteiger partial charge in [-0.15, -0.1) is 0 Å². The van der Waals surface area contributed by atoms with Gasteiger partial charge in [0.15, 0.2) is 0 Å². The number of aliphatic hydroxyl groups excluding tert-OH is 1. The maximum Gasteiger partial charge on any atom is 0.133 e. The number of hydrogen-bond acceptors (Lipinski definition) is 6. The van der Waals surface area contributed by atoms with Crippen molar-refractivity contribution in [3.8, 4) is 0 Å². The van der Waals surface area contributed by atoms with Crippen LogP contribution in [0.1, 0.15) is 45.1 Å². The Morgan fingerprint density at radius 1 is 1.14 bits per heavy atom. The number of allylic oxidation sites excluding steroid dienone is 1. The molecule has 0 radical (unpaired) electrons. The van der Waals surface area contributed by atoms with Gasteiger partial charge in [-0.2, -0.15) is 5.10 Å². The Hall–Kier alpha value is -3.58. The highest BCUT2D eigenvalue weighted by atomic mass is 16.3. The van der Waals surface area contributed by atoms with Gasteiger partial charge in [0.05, 0.1) is 29.1 Å². The number of benzene rings is 2. The molecule has 1 aromatic heterocycles. The number of H-pyrrole nitrogens is 1. The number of nitrogens with zero attached hydrogens (tertiary/aromatic N) is 4. The molecule has 0 saturated carbocycles. The average molecular weight is 483 g/mol. The molecule has 3 aliphatic heterocycles. The first-order valence-corrected chi connectivity index (χ1v) is 13.0. The summed E-state index contributed by atoms with van der Waals surface area (Å²) in [5.41, 5.74) is 4.88. The van der Waals surface area contributed by atoms with Crippen molar-refractivity contribution >= 4 is 33.8 Å². The molecule has 7 heteroatoms. The summed E-state index contributed by atoms with van der Waals surface area (Å²) in [6.07, 6.45) is 12.3. The summed E-state index contributed by atoms with van der Waals surface area (Å²) in [7, 11) is 0. The molecule has 3 unspecified atom stereocenters. The van der Waals surface area contributed by atoms with Crippen LogP contribution in [-0.4, -0.2) is 50.8 Å². The number of aliphatic hydroxyl groups is 1. The van der Waals surface area contributed by atoms with Gasteiger partial charge in [-0.1, -0.05) is 25.1 Å². The monoisotopic (exact) mass is 482 g/mol. The first kappa shape index (κ1) is 22.9. The van der Waals surface area contributed by atoms with Crippen LogP contribution in [0.25, 0.3) is 16.6 Å². The second-order valence-corrected chi connectivity index (χ2v) is 10.6. The number of fused-ring (bicyclic) bond motifs is 2. The van der Waals surface area contributed by atoms with Gasteiger partial charge in [0.25, 0.3) is 0 Å². The first-order valence-electron chi connectivity index (χ1n) is 13.0. The average Bonchev–Trinajstić information content (AvgIpc) is 3.30. The molecular formula is C29H34N6O. The van der Waals surface area contributed by atoms with Crippen molar-refractivity contribution in [2.75, 3.05) is 23.3 Å². The molecule has 4 heterocycles. The number of aliphatic imine (C=N–C) groups is 1. The summed E-state index contributed by atoms with van der Waals surface area (Å²) in [5, 5.41) is 22.1. The number of β-amino-alcohol motifs (C(OH)–C–C–N with tert-alkyl or cyclic N) is 1. The van der Waals surface area contributed by atoms with Crippen LogP contribution >= 0.6 is 0 Å². The lowest BCUT2D eigenvalue weighted by Crippen LogP contribution is -2.51. The zero-order valence-corrected chi connectivity index (χ0v) is 21.0. The molecule has 0 bridgehead atoms. The molecule has 6 rings (SSSR count). The van der Waals surface area contributed by atoms with Crippen molar-refractivity contribution in [1.29, 1.82) is 0 Å². The highest BCUT2D eigenvalue weighted by molar-refractivity contribution is 6.06. The molecule has 186 valence electrons. The van der Waals surface area contributed by atoms with Gasteiger partial charge in [-0.25, -0.2) is 4.99 Å². The van der Waals surface area contributed by atoms with Crippen LogP contribution in [0.3, 0.4) is 0 Å². The van der Waals surface area contributed by atoms with Crippen LogP contribution in [-0.2, 0) is 0 Å². The Balaban J connectivity index is 1.33. The standard InChI is InChI=1S/C29H34N6O/c1-20-11-13-29(2)28(31-23-7-9-24(10-8-23)34-14-3-4-25(36)18-34)32-27(19-35(29)15-12-20)21-5-6-22-17-30-33-26(22)16-21/h5-10,12,15-17,19-20,25,36H,3-4,11,13-14,18H2,1-2H3,(H,30,33)(H,31,32). The number of amidine groups is 1. The van der Waals surface area contributed by atoms with Crippen LogP contribution in [0.5, 0.6) is 0 Å². The zero-order chi connectivity index (χ0) is 24.7. The van der Waals surface area contributed by atoms with Crippen LogP contribution in [0.15, 0.2) is 72.1 Å². The van der Waals surface area contributed by atoms with E-state index >= 15 is 0 Å². The van der Waals surface area contributed by atoms with Gasteiger partial charge in [0.1, 0.15) is 5.84 Å². The molecule has 0 spiro atoms.